The molecule has 1 aromatic heterocycles. The van der Waals surface area contributed by atoms with Gasteiger partial charge in [-0.1, -0.05) is 23.5 Å². The van der Waals surface area contributed by atoms with Crippen molar-refractivity contribution in [1.29, 1.82) is 0 Å². The Morgan fingerprint density at radius 1 is 1.33 bits per heavy atom. The summed E-state index contributed by atoms with van der Waals surface area (Å²) in [6.07, 6.45) is 0.422. The maximum absolute atomic E-state index is 10.7. The Balaban J connectivity index is 0.00000162. The van der Waals surface area contributed by atoms with E-state index in [-0.39, 0.29) is 11.2 Å². The van der Waals surface area contributed by atoms with Crippen molar-refractivity contribution < 1.29 is 23.0 Å². The van der Waals surface area contributed by atoms with Gasteiger partial charge in [-0.15, -0.1) is 0 Å². The molecular weight excluding hydrogens is 274 g/mol. The summed E-state index contributed by atoms with van der Waals surface area (Å²) < 4.78 is 33.3. The largest absolute Gasteiger partial charge is 0.870 e. The minimum absolute atomic E-state index is 0. The van der Waals surface area contributed by atoms with Gasteiger partial charge in [0, 0.05) is 19.4 Å². The number of rotatable bonds is 4. The summed E-state index contributed by atoms with van der Waals surface area (Å²) in [6.45, 7) is 2.62. The second-order valence-corrected chi connectivity index (χ2v) is 6.69. The van der Waals surface area contributed by atoms with Crippen molar-refractivity contribution in [2.75, 3.05) is 5.75 Å². The van der Waals surface area contributed by atoms with Crippen LogP contribution in [0.2, 0.25) is 0 Å². The van der Waals surface area contributed by atoms with Gasteiger partial charge in [0.15, 0.2) is 6.54 Å². The van der Waals surface area contributed by atoms with Crippen LogP contribution in [0.1, 0.15) is 11.4 Å². The normalized spacial score (nSPS) is 11.4. The summed E-state index contributed by atoms with van der Waals surface area (Å²) in [5, 5.41) is 1.14. The Kier molecular flexibility index (Phi) is 4.80. The van der Waals surface area contributed by atoms with Gasteiger partial charge >= 0.3 is 0 Å². The van der Waals surface area contributed by atoms with Crippen LogP contribution in [0.4, 0.5) is 0 Å². The van der Waals surface area contributed by atoms with Gasteiger partial charge < -0.3 is 5.48 Å². The topological polar surface area (TPSA) is 88.2 Å². The minimum Gasteiger partial charge on any atom is -0.870 e. The van der Waals surface area contributed by atoms with E-state index in [0.29, 0.717) is 13.0 Å². The molecule has 0 atom stereocenters. The van der Waals surface area contributed by atoms with E-state index in [1.54, 1.807) is 11.3 Å². The standard InChI is InChI=1S/C11H13NO3S2.H2O/c1-9-12(7-4-8-17(13,14)15)10-5-2-3-6-11(10)16-9;/h2-3,5-6H,4,7-8H2,1H3;1H2. The highest BCUT2D eigenvalue weighted by Gasteiger charge is 2.17. The molecule has 2 N–H and O–H groups in total. The van der Waals surface area contributed by atoms with E-state index in [1.807, 2.05) is 31.2 Å². The molecule has 18 heavy (non-hydrogen) atoms. The predicted molar refractivity (Wildman–Crippen MR) is 69.7 cm³/mol. The Bertz CT molecular complexity index is 634. The van der Waals surface area contributed by atoms with Gasteiger partial charge in [0.1, 0.15) is 4.70 Å². The van der Waals surface area contributed by atoms with Crippen molar-refractivity contribution in [1.82, 2.24) is 0 Å². The van der Waals surface area contributed by atoms with Crippen LogP contribution in [0.5, 0.6) is 0 Å². The van der Waals surface area contributed by atoms with Crippen LogP contribution >= 0.6 is 11.3 Å². The van der Waals surface area contributed by atoms with Crippen molar-refractivity contribution >= 4 is 31.7 Å². The lowest BCUT2D eigenvalue weighted by Crippen LogP contribution is -2.35. The Morgan fingerprint density at radius 2 is 2.00 bits per heavy atom. The molecule has 2 aromatic rings. The average molecular weight is 289 g/mol. The second-order valence-electron chi connectivity index (χ2n) is 3.88. The third-order valence-corrected chi connectivity index (χ3v) is 4.46. The van der Waals surface area contributed by atoms with Gasteiger partial charge in [-0.25, -0.2) is 0 Å². The molecule has 0 saturated heterocycles. The average Bonchev–Trinajstić information content (AvgIpc) is 2.54. The molecule has 0 bridgehead atoms. The minimum atomic E-state index is -3.85. The van der Waals surface area contributed by atoms with Gasteiger partial charge in [-0.3, -0.25) is 4.55 Å². The van der Waals surface area contributed by atoms with E-state index in [9.17, 15) is 8.42 Å². The highest BCUT2D eigenvalue weighted by molar-refractivity contribution is 7.85. The molecule has 0 aliphatic heterocycles. The van der Waals surface area contributed by atoms with Crippen LogP contribution < -0.4 is 4.57 Å². The van der Waals surface area contributed by atoms with Gasteiger partial charge in [-0.05, 0) is 6.07 Å². The summed E-state index contributed by atoms with van der Waals surface area (Å²) in [5.41, 5.74) is 1.12. The number of thiazole rings is 1. The molecule has 7 heteroatoms. The van der Waals surface area contributed by atoms with Crippen LogP contribution in [0.25, 0.3) is 10.2 Å². The van der Waals surface area contributed by atoms with Gasteiger partial charge in [0.05, 0.1) is 5.75 Å². The monoisotopic (exact) mass is 289 g/mol. The zero-order valence-electron chi connectivity index (χ0n) is 9.91. The quantitative estimate of drug-likeness (QED) is 0.684. The molecular formula is C11H15NO4S2. The molecule has 0 aliphatic rings. The van der Waals surface area contributed by atoms with Crippen molar-refractivity contribution in [2.45, 2.75) is 19.9 Å². The molecule has 0 unspecified atom stereocenters. The van der Waals surface area contributed by atoms with Gasteiger partial charge in [-0.2, -0.15) is 13.0 Å². The first kappa shape index (κ1) is 15.0. The lowest BCUT2D eigenvalue weighted by atomic mass is 10.3. The maximum Gasteiger partial charge on any atom is 0.265 e. The molecule has 0 radical (unpaired) electrons. The fourth-order valence-electron chi connectivity index (χ4n) is 1.83. The highest BCUT2D eigenvalue weighted by atomic mass is 32.2. The first-order chi connectivity index (χ1) is 7.97. The highest BCUT2D eigenvalue weighted by Crippen LogP contribution is 2.19. The molecule has 2 rings (SSSR count). The van der Waals surface area contributed by atoms with Crippen LogP contribution in [-0.4, -0.2) is 24.2 Å². The first-order valence-electron chi connectivity index (χ1n) is 5.30. The predicted octanol–water partition coefficient (Wildman–Crippen LogP) is 1.60. The SMILES string of the molecule is Cc1sc2ccccc2[n+]1CCCS(=O)(=O)O.[OH-]. The number of benzene rings is 1. The second kappa shape index (κ2) is 5.75. The lowest BCUT2D eigenvalue weighted by Gasteiger charge is -1.96. The summed E-state index contributed by atoms with van der Waals surface area (Å²) in [5.74, 6) is -0.191. The Hall–Kier alpha value is -1.02. The van der Waals surface area contributed by atoms with Gasteiger partial charge in [0.2, 0.25) is 10.5 Å². The van der Waals surface area contributed by atoms with Crippen molar-refractivity contribution in [2.24, 2.45) is 0 Å². The Morgan fingerprint density at radius 3 is 2.67 bits per heavy atom. The number of aromatic nitrogens is 1. The molecule has 5 nitrogen and oxygen atoms in total. The third kappa shape index (κ3) is 3.49. The molecule has 1 aromatic carbocycles. The number of para-hydroxylation sites is 1. The fourth-order valence-corrected chi connectivity index (χ4v) is 3.37. The van der Waals surface area contributed by atoms with E-state index < -0.39 is 10.1 Å². The van der Waals surface area contributed by atoms with E-state index in [2.05, 4.69) is 4.57 Å². The molecule has 1 heterocycles. The molecule has 100 valence electrons. The number of hydrogen-bond donors (Lipinski definition) is 1. The van der Waals surface area contributed by atoms with Crippen molar-refractivity contribution in [3.63, 3.8) is 0 Å². The number of fused-ring (bicyclic) bond motifs is 1. The number of hydrogen-bond acceptors (Lipinski definition) is 4. The van der Waals surface area contributed by atoms with E-state index >= 15 is 0 Å². The van der Waals surface area contributed by atoms with Crippen LogP contribution in [0.3, 0.4) is 0 Å². The molecule has 0 fully saturated rings. The summed E-state index contributed by atoms with van der Waals surface area (Å²) >= 11 is 1.69. The molecule has 0 amide bonds. The summed E-state index contributed by atoms with van der Waals surface area (Å²) in [7, 11) is -3.85. The van der Waals surface area contributed by atoms with E-state index in [4.69, 9.17) is 4.55 Å². The molecule has 0 aliphatic carbocycles. The smallest absolute Gasteiger partial charge is 0.265 e. The van der Waals surface area contributed by atoms with E-state index in [0.717, 1.165) is 10.5 Å². The first-order valence-corrected chi connectivity index (χ1v) is 7.73. The maximum atomic E-state index is 10.7. The van der Waals surface area contributed by atoms with Crippen LogP contribution in [0.15, 0.2) is 24.3 Å². The van der Waals surface area contributed by atoms with Crippen molar-refractivity contribution in [3.8, 4) is 0 Å². The lowest BCUT2D eigenvalue weighted by molar-refractivity contribution is -0.672. The number of nitrogens with zero attached hydrogens (tertiary/aromatic N) is 1. The third-order valence-electron chi connectivity index (χ3n) is 2.58. The van der Waals surface area contributed by atoms with Crippen molar-refractivity contribution in [3.05, 3.63) is 29.3 Å². The zero-order valence-corrected chi connectivity index (χ0v) is 11.5. The van der Waals surface area contributed by atoms with Crippen LogP contribution in [-0.2, 0) is 16.7 Å². The molecule has 0 saturated carbocycles. The summed E-state index contributed by atoms with van der Waals surface area (Å²) in [4.78, 5) is 0. The summed E-state index contributed by atoms with van der Waals surface area (Å²) in [6, 6.07) is 8.02. The van der Waals surface area contributed by atoms with E-state index in [1.165, 1.54) is 4.70 Å². The molecule has 0 spiro atoms. The van der Waals surface area contributed by atoms with Gasteiger partial charge in [0.25, 0.3) is 10.1 Å². The Labute approximate surface area is 110 Å². The zero-order chi connectivity index (χ0) is 12.5. The fraction of sp³-hybridized carbons (Fsp3) is 0.364. The number of aryl methyl sites for hydroxylation is 2. The van der Waals surface area contributed by atoms with Crippen LogP contribution in [0, 0.1) is 6.92 Å².